The van der Waals surface area contributed by atoms with Crippen LogP contribution in [0.25, 0.3) is 10.9 Å². The number of nitrogens with one attached hydrogen (secondary N) is 2. The molecule has 1 fully saturated rings. The molecule has 0 unspecified atom stereocenters. The lowest BCUT2D eigenvalue weighted by Gasteiger charge is -2.26. The third-order valence-electron chi connectivity index (χ3n) is 5.90. The normalized spacial score (nSPS) is 16.1. The molecule has 6 rings (SSSR count). The summed E-state index contributed by atoms with van der Waals surface area (Å²) in [6, 6.07) is 9.95. The topological polar surface area (TPSA) is 105 Å². The number of H-pyrrole nitrogens is 1. The van der Waals surface area contributed by atoms with Crippen molar-refractivity contribution in [2.24, 2.45) is 7.05 Å². The van der Waals surface area contributed by atoms with E-state index in [2.05, 4.69) is 21.6 Å². The van der Waals surface area contributed by atoms with Crippen molar-refractivity contribution in [3.8, 4) is 0 Å². The highest BCUT2D eigenvalue weighted by molar-refractivity contribution is 5.91. The number of hydrogen-bond donors (Lipinski definition) is 2. The standard InChI is InChI=1S/C21H21N7O2/c1-27-17-8-9-28(11-14(17)20(29)30-27)21-22-15-5-3-2-4-13(15)19(24-21)23-18-10-16(25-26-18)12-6-7-12/h2-5,10,12H,6-9,11H2,1H3,(H2,22,23,24,25,26). The summed E-state index contributed by atoms with van der Waals surface area (Å²) in [4.78, 5) is 23.8. The van der Waals surface area contributed by atoms with Gasteiger partial charge in [-0.3, -0.25) is 5.10 Å². The average molecular weight is 403 g/mol. The molecule has 3 aromatic heterocycles. The molecule has 0 saturated heterocycles. The van der Waals surface area contributed by atoms with Gasteiger partial charge in [0.25, 0.3) is 0 Å². The van der Waals surface area contributed by atoms with Crippen LogP contribution in [-0.4, -0.2) is 31.4 Å². The predicted molar refractivity (Wildman–Crippen MR) is 112 cm³/mol. The molecule has 1 saturated carbocycles. The molecule has 1 aliphatic heterocycles. The van der Waals surface area contributed by atoms with Crippen LogP contribution in [0.15, 0.2) is 39.6 Å². The van der Waals surface area contributed by atoms with Crippen LogP contribution in [0.1, 0.15) is 35.7 Å². The molecule has 30 heavy (non-hydrogen) atoms. The summed E-state index contributed by atoms with van der Waals surface area (Å²) >= 11 is 0. The molecule has 2 aliphatic rings. The lowest BCUT2D eigenvalue weighted by atomic mass is 10.1. The first-order valence-corrected chi connectivity index (χ1v) is 10.2. The maximum atomic E-state index is 12.2. The zero-order valence-electron chi connectivity index (χ0n) is 16.6. The van der Waals surface area contributed by atoms with E-state index in [-0.39, 0.29) is 5.63 Å². The van der Waals surface area contributed by atoms with Gasteiger partial charge < -0.3 is 14.7 Å². The fourth-order valence-corrected chi connectivity index (χ4v) is 4.11. The first-order chi connectivity index (χ1) is 14.7. The largest absolute Gasteiger partial charge is 0.362 e. The second kappa shape index (κ2) is 6.45. The van der Waals surface area contributed by atoms with Gasteiger partial charge in [-0.15, -0.1) is 0 Å². The molecular weight excluding hydrogens is 382 g/mol. The van der Waals surface area contributed by atoms with E-state index < -0.39 is 0 Å². The van der Waals surface area contributed by atoms with E-state index in [9.17, 15) is 4.79 Å². The predicted octanol–water partition coefficient (Wildman–Crippen LogP) is 2.83. The van der Waals surface area contributed by atoms with Crippen LogP contribution in [0.2, 0.25) is 0 Å². The number of rotatable bonds is 4. The number of nitrogens with zero attached hydrogens (tertiary/aromatic N) is 5. The number of anilines is 3. The van der Waals surface area contributed by atoms with Crippen molar-refractivity contribution < 1.29 is 4.52 Å². The first kappa shape index (κ1) is 17.3. The molecule has 9 nitrogen and oxygen atoms in total. The van der Waals surface area contributed by atoms with Gasteiger partial charge in [0.05, 0.1) is 23.3 Å². The molecule has 4 heterocycles. The summed E-state index contributed by atoms with van der Waals surface area (Å²) in [6.07, 6.45) is 3.14. The summed E-state index contributed by atoms with van der Waals surface area (Å²) in [5.74, 6) is 2.64. The van der Waals surface area contributed by atoms with Crippen molar-refractivity contribution >= 4 is 28.5 Å². The van der Waals surface area contributed by atoms with E-state index in [1.807, 2.05) is 29.2 Å². The van der Waals surface area contributed by atoms with Gasteiger partial charge in [-0.2, -0.15) is 10.1 Å². The Bertz CT molecular complexity index is 1310. The molecule has 1 aromatic carbocycles. The molecule has 0 radical (unpaired) electrons. The minimum Gasteiger partial charge on any atom is -0.336 e. The maximum absolute atomic E-state index is 12.2. The van der Waals surface area contributed by atoms with Gasteiger partial charge >= 0.3 is 5.63 Å². The van der Waals surface area contributed by atoms with Crippen molar-refractivity contribution in [1.29, 1.82) is 0 Å². The summed E-state index contributed by atoms with van der Waals surface area (Å²) in [6.45, 7) is 1.15. The van der Waals surface area contributed by atoms with Crippen LogP contribution in [0, 0.1) is 0 Å². The van der Waals surface area contributed by atoms with Gasteiger partial charge in [-0.05, 0) is 25.0 Å². The molecule has 0 atom stereocenters. The Kier molecular flexibility index (Phi) is 3.71. The van der Waals surface area contributed by atoms with Gasteiger partial charge in [0, 0.05) is 43.1 Å². The monoisotopic (exact) mass is 403 g/mol. The maximum Gasteiger partial charge on any atom is 0.362 e. The molecule has 9 heteroatoms. The number of benzene rings is 1. The van der Waals surface area contributed by atoms with Crippen LogP contribution in [0.3, 0.4) is 0 Å². The Morgan fingerprint density at radius 2 is 2.10 bits per heavy atom. The van der Waals surface area contributed by atoms with Crippen LogP contribution < -0.4 is 15.8 Å². The van der Waals surface area contributed by atoms with Gasteiger partial charge in [-0.1, -0.05) is 12.1 Å². The van der Waals surface area contributed by atoms with Crippen molar-refractivity contribution in [2.45, 2.75) is 31.7 Å². The minimum atomic E-state index is -0.291. The van der Waals surface area contributed by atoms with Crippen LogP contribution in [-0.2, 0) is 20.0 Å². The highest BCUT2D eigenvalue weighted by Crippen LogP contribution is 2.40. The fraction of sp³-hybridized carbons (Fsp3) is 0.333. The summed E-state index contributed by atoms with van der Waals surface area (Å²) in [7, 11) is 1.77. The van der Waals surface area contributed by atoms with Crippen molar-refractivity contribution in [3.63, 3.8) is 0 Å². The quantitative estimate of drug-likeness (QED) is 0.540. The first-order valence-electron chi connectivity index (χ1n) is 10.2. The van der Waals surface area contributed by atoms with Gasteiger partial charge in [-0.25, -0.2) is 14.5 Å². The number of aromatic amines is 1. The Balaban J connectivity index is 1.38. The Hall–Kier alpha value is -3.62. The van der Waals surface area contributed by atoms with Crippen molar-refractivity contribution in [1.82, 2.24) is 24.9 Å². The third kappa shape index (κ3) is 2.85. The summed E-state index contributed by atoms with van der Waals surface area (Å²) in [5.41, 5.74) is 3.33. The molecule has 152 valence electrons. The summed E-state index contributed by atoms with van der Waals surface area (Å²) in [5, 5.41) is 11.8. The number of aryl methyl sites for hydroxylation is 1. The van der Waals surface area contributed by atoms with Gasteiger partial charge in [0.2, 0.25) is 5.95 Å². The van der Waals surface area contributed by atoms with Gasteiger partial charge in [0.1, 0.15) is 5.82 Å². The Morgan fingerprint density at radius 3 is 2.97 bits per heavy atom. The van der Waals surface area contributed by atoms with E-state index in [1.165, 1.54) is 12.8 Å². The molecule has 0 bridgehead atoms. The fourth-order valence-electron chi connectivity index (χ4n) is 4.11. The smallest absolute Gasteiger partial charge is 0.336 e. The van der Waals surface area contributed by atoms with E-state index in [0.29, 0.717) is 42.8 Å². The minimum absolute atomic E-state index is 0.291. The Labute approximate surface area is 171 Å². The average Bonchev–Trinajstić information content (AvgIpc) is 3.45. The van der Waals surface area contributed by atoms with Crippen LogP contribution >= 0.6 is 0 Å². The van der Waals surface area contributed by atoms with Crippen molar-refractivity contribution in [3.05, 3.63) is 57.7 Å². The van der Waals surface area contributed by atoms with E-state index in [4.69, 9.17) is 14.5 Å². The van der Waals surface area contributed by atoms with E-state index in [0.717, 1.165) is 28.1 Å². The van der Waals surface area contributed by atoms with E-state index in [1.54, 1.807) is 11.8 Å². The van der Waals surface area contributed by atoms with Crippen LogP contribution in [0.5, 0.6) is 0 Å². The van der Waals surface area contributed by atoms with Crippen LogP contribution in [0.4, 0.5) is 17.6 Å². The van der Waals surface area contributed by atoms with E-state index >= 15 is 0 Å². The number of fused-ring (bicyclic) bond motifs is 2. The number of hydrogen-bond acceptors (Lipinski definition) is 7. The molecular formula is C21H21N7O2. The zero-order valence-corrected chi connectivity index (χ0v) is 16.6. The SMILES string of the molecule is Cn1oc(=O)c2c1CCN(c1nc(Nc3cc(C4CC4)[nH]n3)c3ccccc3n1)C2. The lowest BCUT2D eigenvalue weighted by Crippen LogP contribution is -2.34. The lowest BCUT2D eigenvalue weighted by molar-refractivity contribution is 0.277. The van der Waals surface area contributed by atoms with Gasteiger partial charge in [0.15, 0.2) is 5.82 Å². The molecule has 4 aromatic rings. The second-order valence-corrected chi connectivity index (χ2v) is 7.97. The molecule has 2 N–H and O–H groups in total. The highest BCUT2D eigenvalue weighted by atomic mass is 16.5. The second-order valence-electron chi connectivity index (χ2n) is 7.97. The molecule has 1 aliphatic carbocycles. The summed E-state index contributed by atoms with van der Waals surface area (Å²) < 4.78 is 6.79. The highest BCUT2D eigenvalue weighted by Gasteiger charge is 2.27. The Morgan fingerprint density at radius 1 is 1.23 bits per heavy atom. The number of aromatic nitrogens is 5. The molecule has 0 amide bonds. The zero-order chi connectivity index (χ0) is 20.2. The molecule has 0 spiro atoms. The third-order valence-corrected chi connectivity index (χ3v) is 5.90. The van der Waals surface area contributed by atoms with Crippen molar-refractivity contribution in [2.75, 3.05) is 16.8 Å². The number of para-hydroxylation sites is 1.